The van der Waals surface area contributed by atoms with Gasteiger partial charge in [-0.1, -0.05) is 48.5 Å². The number of aliphatic hydroxyl groups is 1. The van der Waals surface area contributed by atoms with Crippen molar-refractivity contribution in [2.24, 2.45) is 0 Å². The predicted octanol–water partition coefficient (Wildman–Crippen LogP) is 2.45. The van der Waals surface area contributed by atoms with E-state index in [0.717, 1.165) is 5.56 Å². The van der Waals surface area contributed by atoms with Crippen LogP contribution < -0.4 is 0 Å². The minimum atomic E-state index is -0.518. The molecule has 0 aliphatic carbocycles. The van der Waals surface area contributed by atoms with Crippen LogP contribution in [0, 0.1) is 0 Å². The molecule has 98 valence electrons. The molecular weight excluding hydrogens is 240 g/mol. The van der Waals surface area contributed by atoms with E-state index < -0.39 is 12.1 Å². The molecule has 1 atom stereocenters. The third kappa shape index (κ3) is 3.93. The fourth-order valence-electron chi connectivity index (χ4n) is 1.81. The number of esters is 1. The van der Waals surface area contributed by atoms with E-state index in [-0.39, 0.29) is 6.61 Å². The number of hydrogen-bond donors (Lipinski definition) is 1. The van der Waals surface area contributed by atoms with Crippen molar-refractivity contribution in [1.82, 2.24) is 0 Å². The first-order chi connectivity index (χ1) is 9.29. The minimum Gasteiger partial charge on any atom is -0.456 e. The summed E-state index contributed by atoms with van der Waals surface area (Å²) in [5.74, 6) is -0.407. The fraction of sp³-hybridized carbons (Fsp3) is 0.188. The topological polar surface area (TPSA) is 46.5 Å². The van der Waals surface area contributed by atoms with Gasteiger partial charge in [-0.3, -0.25) is 0 Å². The summed E-state index contributed by atoms with van der Waals surface area (Å²) in [4.78, 5) is 11.9. The summed E-state index contributed by atoms with van der Waals surface area (Å²) < 4.78 is 5.30. The normalized spacial score (nSPS) is 11.8. The van der Waals surface area contributed by atoms with Crippen LogP contribution in [0.25, 0.3) is 0 Å². The van der Waals surface area contributed by atoms with E-state index in [1.807, 2.05) is 36.4 Å². The quantitative estimate of drug-likeness (QED) is 0.836. The Hall–Kier alpha value is -2.13. The molecule has 3 nitrogen and oxygen atoms in total. The highest BCUT2D eigenvalue weighted by molar-refractivity contribution is 5.89. The molecule has 19 heavy (non-hydrogen) atoms. The smallest absolute Gasteiger partial charge is 0.338 e. The molecule has 0 aliphatic rings. The van der Waals surface area contributed by atoms with E-state index in [1.165, 1.54) is 0 Å². The Morgan fingerprint density at radius 3 is 2.16 bits per heavy atom. The lowest BCUT2D eigenvalue weighted by Gasteiger charge is -2.15. The molecule has 0 heterocycles. The van der Waals surface area contributed by atoms with Gasteiger partial charge in [0.15, 0.2) is 0 Å². The van der Waals surface area contributed by atoms with E-state index in [9.17, 15) is 9.90 Å². The van der Waals surface area contributed by atoms with E-state index in [1.54, 1.807) is 24.3 Å². The van der Waals surface area contributed by atoms with Crippen LogP contribution in [0.3, 0.4) is 0 Å². The molecular formula is C16H16O3. The average molecular weight is 256 g/mol. The zero-order valence-corrected chi connectivity index (χ0v) is 10.5. The molecule has 3 heteroatoms. The Kier molecular flexibility index (Phi) is 4.70. The van der Waals surface area contributed by atoms with Crippen LogP contribution >= 0.6 is 0 Å². The standard InChI is InChI=1S/C16H16O3/c17-12-15(11-13-7-3-1-4-8-13)19-16(18)14-9-5-2-6-10-14/h1-10,15,17H,11-12H2. The molecule has 1 unspecified atom stereocenters. The molecule has 0 bridgehead atoms. The van der Waals surface area contributed by atoms with Crippen molar-refractivity contribution in [2.75, 3.05) is 6.61 Å². The third-order valence-corrected chi connectivity index (χ3v) is 2.79. The highest BCUT2D eigenvalue weighted by Crippen LogP contribution is 2.09. The second kappa shape index (κ2) is 6.71. The Bertz CT molecular complexity index is 508. The van der Waals surface area contributed by atoms with Gasteiger partial charge in [0.2, 0.25) is 0 Å². The fourth-order valence-corrected chi connectivity index (χ4v) is 1.81. The third-order valence-electron chi connectivity index (χ3n) is 2.79. The predicted molar refractivity (Wildman–Crippen MR) is 72.9 cm³/mol. The Morgan fingerprint density at radius 1 is 1.00 bits per heavy atom. The van der Waals surface area contributed by atoms with Gasteiger partial charge in [0.1, 0.15) is 6.10 Å². The number of benzene rings is 2. The van der Waals surface area contributed by atoms with Gasteiger partial charge >= 0.3 is 5.97 Å². The van der Waals surface area contributed by atoms with Gasteiger partial charge < -0.3 is 9.84 Å². The molecule has 0 amide bonds. The first kappa shape index (κ1) is 13.3. The van der Waals surface area contributed by atoms with Gasteiger partial charge in [0.25, 0.3) is 0 Å². The van der Waals surface area contributed by atoms with Crippen LogP contribution in [-0.2, 0) is 11.2 Å². The zero-order valence-electron chi connectivity index (χ0n) is 10.5. The summed E-state index contributed by atoms with van der Waals surface area (Å²) in [6.07, 6.45) is -0.00859. The van der Waals surface area contributed by atoms with Gasteiger partial charge in [0, 0.05) is 6.42 Å². The molecule has 0 aliphatic heterocycles. The second-order valence-corrected chi connectivity index (χ2v) is 4.27. The van der Waals surface area contributed by atoms with Crippen LogP contribution in [0.4, 0.5) is 0 Å². The van der Waals surface area contributed by atoms with Crippen LogP contribution in [0.1, 0.15) is 15.9 Å². The Morgan fingerprint density at radius 2 is 1.58 bits per heavy atom. The van der Waals surface area contributed by atoms with Gasteiger partial charge in [-0.05, 0) is 17.7 Å². The number of hydrogen-bond acceptors (Lipinski definition) is 3. The SMILES string of the molecule is O=C(OC(CO)Cc1ccccc1)c1ccccc1. The Labute approximate surface area is 112 Å². The van der Waals surface area contributed by atoms with E-state index >= 15 is 0 Å². The summed E-state index contributed by atoms with van der Waals surface area (Å²) >= 11 is 0. The molecule has 0 aromatic heterocycles. The van der Waals surface area contributed by atoms with Crippen LogP contribution in [0.5, 0.6) is 0 Å². The number of rotatable bonds is 5. The summed E-state index contributed by atoms with van der Waals surface area (Å²) in [5.41, 5.74) is 1.52. The van der Waals surface area contributed by atoms with Gasteiger partial charge in [-0.15, -0.1) is 0 Å². The number of aliphatic hydroxyl groups excluding tert-OH is 1. The van der Waals surface area contributed by atoms with Gasteiger partial charge in [-0.2, -0.15) is 0 Å². The maximum Gasteiger partial charge on any atom is 0.338 e. The van der Waals surface area contributed by atoms with Crippen molar-refractivity contribution in [1.29, 1.82) is 0 Å². The molecule has 0 radical (unpaired) electrons. The van der Waals surface area contributed by atoms with E-state index in [4.69, 9.17) is 4.74 Å². The molecule has 2 aromatic rings. The summed E-state index contributed by atoms with van der Waals surface area (Å²) in [7, 11) is 0. The van der Waals surface area contributed by atoms with Gasteiger partial charge in [0.05, 0.1) is 12.2 Å². The van der Waals surface area contributed by atoms with Crippen molar-refractivity contribution in [3.05, 3.63) is 71.8 Å². The lowest BCUT2D eigenvalue weighted by atomic mass is 10.1. The summed E-state index contributed by atoms with van der Waals surface area (Å²) in [6, 6.07) is 18.4. The first-order valence-corrected chi connectivity index (χ1v) is 6.20. The second-order valence-electron chi connectivity index (χ2n) is 4.27. The number of carbonyl (C=O) groups is 1. The van der Waals surface area contributed by atoms with Gasteiger partial charge in [-0.25, -0.2) is 4.79 Å². The summed E-state index contributed by atoms with van der Waals surface area (Å²) in [6.45, 7) is -0.187. The van der Waals surface area contributed by atoms with Crippen LogP contribution in [0.2, 0.25) is 0 Å². The average Bonchev–Trinajstić information content (AvgIpc) is 2.48. The molecule has 0 saturated carbocycles. The minimum absolute atomic E-state index is 0.187. The van der Waals surface area contributed by atoms with Crippen molar-refractivity contribution in [3.63, 3.8) is 0 Å². The summed E-state index contributed by atoms with van der Waals surface area (Å²) in [5, 5.41) is 9.31. The zero-order chi connectivity index (χ0) is 13.5. The van der Waals surface area contributed by atoms with Crippen molar-refractivity contribution in [2.45, 2.75) is 12.5 Å². The Balaban J connectivity index is 1.98. The molecule has 1 N–H and O–H groups in total. The van der Waals surface area contributed by atoms with Crippen LogP contribution in [0.15, 0.2) is 60.7 Å². The maximum absolute atomic E-state index is 11.9. The molecule has 2 aromatic carbocycles. The highest BCUT2D eigenvalue weighted by Gasteiger charge is 2.15. The molecule has 0 saturated heterocycles. The van der Waals surface area contributed by atoms with Crippen molar-refractivity contribution < 1.29 is 14.6 Å². The maximum atomic E-state index is 11.9. The molecule has 0 spiro atoms. The van der Waals surface area contributed by atoms with Crippen LogP contribution in [-0.4, -0.2) is 23.8 Å². The number of carbonyl (C=O) groups excluding carboxylic acids is 1. The van der Waals surface area contributed by atoms with Crippen molar-refractivity contribution >= 4 is 5.97 Å². The number of ether oxygens (including phenoxy) is 1. The largest absolute Gasteiger partial charge is 0.456 e. The van der Waals surface area contributed by atoms with Crippen molar-refractivity contribution in [3.8, 4) is 0 Å². The molecule has 0 fully saturated rings. The lowest BCUT2D eigenvalue weighted by molar-refractivity contribution is 0.0142. The first-order valence-electron chi connectivity index (χ1n) is 6.20. The van der Waals surface area contributed by atoms with E-state index in [2.05, 4.69) is 0 Å². The molecule has 2 rings (SSSR count). The van der Waals surface area contributed by atoms with E-state index in [0.29, 0.717) is 12.0 Å². The lowest BCUT2D eigenvalue weighted by Crippen LogP contribution is -2.24. The highest BCUT2D eigenvalue weighted by atomic mass is 16.6. The monoisotopic (exact) mass is 256 g/mol.